The van der Waals surface area contributed by atoms with E-state index < -0.39 is 24.0 Å². The van der Waals surface area contributed by atoms with Crippen molar-refractivity contribution in [1.29, 1.82) is 0 Å². The Morgan fingerprint density at radius 1 is 1.59 bits per heavy atom. The maximum absolute atomic E-state index is 12.1. The van der Waals surface area contributed by atoms with Crippen LogP contribution in [0.4, 0.5) is 0 Å². The van der Waals surface area contributed by atoms with E-state index in [1.54, 1.807) is 0 Å². The standard InChI is InChI=1S/C12H21N2O3/c1-3-4-5-9(13)11(15)8-6-7-14(2)10(8)12(16)17/h8-10H,2-7,13H2,1H3,(H,16,17)/t8-,9?,10+/m1/s1. The fourth-order valence-electron chi connectivity index (χ4n) is 2.32. The van der Waals surface area contributed by atoms with Gasteiger partial charge in [-0.1, -0.05) is 19.8 Å². The first kappa shape index (κ1) is 14.1. The van der Waals surface area contributed by atoms with Crippen LogP contribution in [0.2, 0.25) is 0 Å². The molecule has 1 heterocycles. The minimum absolute atomic E-state index is 0.128. The van der Waals surface area contributed by atoms with Gasteiger partial charge in [0.1, 0.15) is 6.04 Å². The molecule has 0 amide bonds. The summed E-state index contributed by atoms with van der Waals surface area (Å²) in [5.41, 5.74) is 5.81. The maximum atomic E-state index is 12.1. The number of nitrogens with zero attached hydrogens (tertiary/aromatic N) is 1. The van der Waals surface area contributed by atoms with Gasteiger partial charge in [0.25, 0.3) is 0 Å². The lowest BCUT2D eigenvalue weighted by molar-refractivity contribution is -0.145. The highest BCUT2D eigenvalue weighted by Gasteiger charge is 2.42. The quantitative estimate of drug-likeness (QED) is 0.713. The zero-order valence-electron chi connectivity index (χ0n) is 10.3. The monoisotopic (exact) mass is 241 g/mol. The average Bonchev–Trinajstić information content (AvgIpc) is 2.66. The summed E-state index contributed by atoms with van der Waals surface area (Å²) in [4.78, 5) is 24.6. The number of likely N-dealkylation sites (tertiary alicyclic amines) is 1. The van der Waals surface area contributed by atoms with Gasteiger partial charge < -0.3 is 10.8 Å². The second-order valence-electron chi connectivity index (χ2n) is 4.64. The number of carboxylic acid groups (broad SMARTS) is 1. The van der Waals surface area contributed by atoms with E-state index >= 15 is 0 Å². The number of carbonyl (C=O) groups is 2. The Labute approximate surface area is 102 Å². The number of hydrogen-bond acceptors (Lipinski definition) is 4. The Morgan fingerprint density at radius 2 is 2.24 bits per heavy atom. The molecule has 1 fully saturated rings. The van der Waals surface area contributed by atoms with Crippen LogP contribution < -0.4 is 5.73 Å². The van der Waals surface area contributed by atoms with Gasteiger partial charge in [-0.05, 0) is 19.4 Å². The van der Waals surface area contributed by atoms with Gasteiger partial charge in [0.05, 0.1) is 6.04 Å². The van der Waals surface area contributed by atoms with Crippen molar-refractivity contribution in [3.05, 3.63) is 7.05 Å². The van der Waals surface area contributed by atoms with Gasteiger partial charge in [-0.25, -0.2) is 0 Å². The minimum Gasteiger partial charge on any atom is -0.480 e. The number of rotatable bonds is 6. The molecule has 0 aromatic heterocycles. The van der Waals surface area contributed by atoms with Gasteiger partial charge in [-0.3, -0.25) is 14.5 Å². The molecule has 0 bridgehead atoms. The summed E-state index contributed by atoms with van der Waals surface area (Å²) in [6.45, 7) is 2.57. The lowest BCUT2D eigenvalue weighted by Gasteiger charge is -2.22. The highest BCUT2D eigenvalue weighted by molar-refractivity contribution is 5.92. The molecule has 0 aromatic carbocycles. The third kappa shape index (κ3) is 3.26. The molecule has 5 heteroatoms. The van der Waals surface area contributed by atoms with Gasteiger partial charge >= 0.3 is 5.97 Å². The summed E-state index contributed by atoms with van der Waals surface area (Å²) in [7, 11) is 3.65. The van der Waals surface area contributed by atoms with Crippen LogP contribution in [0.1, 0.15) is 32.6 Å². The van der Waals surface area contributed by atoms with Crippen LogP contribution in [0.15, 0.2) is 0 Å². The van der Waals surface area contributed by atoms with Crippen molar-refractivity contribution in [3.63, 3.8) is 0 Å². The summed E-state index contributed by atoms with van der Waals surface area (Å²) < 4.78 is 0. The molecule has 0 aliphatic carbocycles. The molecule has 1 unspecified atom stereocenters. The minimum atomic E-state index is -0.987. The van der Waals surface area contributed by atoms with Gasteiger partial charge in [0, 0.05) is 13.0 Å². The van der Waals surface area contributed by atoms with E-state index in [1.165, 1.54) is 4.90 Å². The Kier molecular flexibility index (Phi) is 5.08. The number of hydrogen-bond donors (Lipinski definition) is 2. The molecule has 97 valence electrons. The second-order valence-corrected chi connectivity index (χ2v) is 4.64. The van der Waals surface area contributed by atoms with Crippen LogP contribution in [0, 0.1) is 13.0 Å². The van der Waals surface area contributed by atoms with Gasteiger partial charge in [-0.2, -0.15) is 0 Å². The molecule has 1 aliphatic rings. The summed E-state index contributed by atoms with van der Waals surface area (Å²) in [5, 5.41) is 9.09. The van der Waals surface area contributed by atoms with Crippen molar-refractivity contribution in [2.45, 2.75) is 44.7 Å². The van der Waals surface area contributed by atoms with E-state index in [0.717, 1.165) is 12.8 Å². The molecular formula is C12H21N2O3. The van der Waals surface area contributed by atoms with E-state index in [0.29, 0.717) is 19.4 Å². The third-order valence-electron chi connectivity index (χ3n) is 3.35. The molecule has 0 aromatic rings. The number of nitrogens with two attached hydrogens (primary N) is 1. The van der Waals surface area contributed by atoms with E-state index in [4.69, 9.17) is 10.8 Å². The molecule has 1 saturated heterocycles. The van der Waals surface area contributed by atoms with Crippen LogP contribution in [0.3, 0.4) is 0 Å². The molecule has 1 radical (unpaired) electrons. The zero-order chi connectivity index (χ0) is 13.0. The highest BCUT2D eigenvalue weighted by Crippen LogP contribution is 2.26. The van der Waals surface area contributed by atoms with E-state index in [1.807, 2.05) is 6.92 Å². The first-order chi connectivity index (χ1) is 7.99. The number of aliphatic carboxylic acids is 1. The first-order valence-corrected chi connectivity index (χ1v) is 6.08. The van der Waals surface area contributed by atoms with Crippen molar-refractivity contribution < 1.29 is 14.7 Å². The van der Waals surface area contributed by atoms with Crippen molar-refractivity contribution in [2.75, 3.05) is 6.54 Å². The Bertz CT molecular complexity index is 293. The van der Waals surface area contributed by atoms with Crippen LogP contribution in [-0.2, 0) is 9.59 Å². The summed E-state index contributed by atoms with van der Waals surface area (Å²) >= 11 is 0. The van der Waals surface area contributed by atoms with E-state index in [9.17, 15) is 9.59 Å². The summed E-state index contributed by atoms with van der Waals surface area (Å²) in [6.07, 6.45) is 3.05. The summed E-state index contributed by atoms with van der Waals surface area (Å²) in [5.74, 6) is -1.62. The number of ketones is 1. The second kappa shape index (κ2) is 6.12. The molecule has 3 N–H and O–H groups in total. The smallest absolute Gasteiger partial charge is 0.321 e. The van der Waals surface area contributed by atoms with Gasteiger partial charge in [0.2, 0.25) is 0 Å². The van der Waals surface area contributed by atoms with Crippen LogP contribution in [0.5, 0.6) is 0 Å². The van der Waals surface area contributed by atoms with Crippen LogP contribution >= 0.6 is 0 Å². The Balaban J connectivity index is 2.65. The zero-order valence-corrected chi connectivity index (χ0v) is 10.3. The van der Waals surface area contributed by atoms with E-state index in [2.05, 4.69) is 7.05 Å². The predicted octanol–water partition coefficient (Wildman–Crippen LogP) is 0.640. The number of Topliss-reactive ketones (excluding diaryl/α,β-unsaturated/α-hetero) is 1. The molecule has 0 saturated carbocycles. The fraction of sp³-hybridized carbons (Fsp3) is 0.750. The molecule has 17 heavy (non-hydrogen) atoms. The molecule has 0 spiro atoms. The van der Waals surface area contributed by atoms with Crippen molar-refractivity contribution in [1.82, 2.24) is 4.90 Å². The molecule has 1 rings (SSSR count). The largest absolute Gasteiger partial charge is 0.480 e. The molecular weight excluding hydrogens is 220 g/mol. The molecule has 1 aliphatic heterocycles. The predicted molar refractivity (Wildman–Crippen MR) is 64.1 cm³/mol. The maximum Gasteiger partial charge on any atom is 0.321 e. The number of unbranched alkanes of at least 4 members (excludes halogenated alkanes) is 1. The SMILES string of the molecule is [CH2]N1CC[C@@H](C(=O)C(N)CCCC)[C@H]1C(=O)O. The van der Waals surface area contributed by atoms with Crippen molar-refractivity contribution in [2.24, 2.45) is 11.7 Å². The topological polar surface area (TPSA) is 83.6 Å². The number of carbonyl (C=O) groups excluding carboxylic acids is 1. The molecule has 5 nitrogen and oxygen atoms in total. The lowest BCUT2D eigenvalue weighted by atomic mass is 9.89. The Hall–Kier alpha value is -0.940. The highest BCUT2D eigenvalue weighted by atomic mass is 16.4. The molecule has 3 atom stereocenters. The van der Waals surface area contributed by atoms with Crippen LogP contribution in [0.25, 0.3) is 0 Å². The Morgan fingerprint density at radius 3 is 2.76 bits per heavy atom. The van der Waals surface area contributed by atoms with Crippen LogP contribution in [-0.4, -0.2) is 40.4 Å². The summed E-state index contributed by atoms with van der Waals surface area (Å²) in [6, 6.07) is -1.34. The average molecular weight is 241 g/mol. The third-order valence-corrected chi connectivity index (χ3v) is 3.35. The van der Waals surface area contributed by atoms with E-state index in [-0.39, 0.29) is 5.78 Å². The lowest BCUT2D eigenvalue weighted by Crippen LogP contribution is -2.44. The van der Waals surface area contributed by atoms with Gasteiger partial charge in [-0.15, -0.1) is 0 Å². The van der Waals surface area contributed by atoms with Gasteiger partial charge in [0.15, 0.2) is 5.78 Å². The van der Waals surface area contributed by atoms with Crippen molar-refractivity contribution in [3.8, 4) is 0 Å². The normalized spacial score (nSPS) is 27.0. The first-order valence-electron chi connectivity index (χ1n) is 6.08. The van der Waals surface area contributed by atoms with Crippen molar-refractivity contribution >= 4 is 11.8 Å². The fourth-order valence-corrected chi connectivity index (χ4v) is 2.32. The number of carboxylic acids is 1.